The normalized spacial score (nSPS) is 35.1. The number of ether oxygens (including phenoxy) is 2. The van der Waals surface area contributed by atoms with Gasteiger partial charge in [-0.05, 0) is 116 Å². The van der Waals surface area contributed by atoms with Gasteiger partial charge in [-0.25, -0.2) is 4.79 Å². The number of carbonyl (C=O) groups is 1. The van der Waals surface area contributed by atoms with Crippen LogP contribution in [0.5, 0.6) is 0 Å². The summed E-state index contributed by atoms with van der Waals surface area (Å²) in [4.78, 5) is 12.4. The van der Waals surface area contributed by atoms with E-state index in [1.165, 1.54) is 63.0 Å². The maximum atomic E-state index is 14.3. The number of hydrogen-bond donors (Lipinski definition) is 0. The molecule has 0 N–H and O–H groups in total. The molecule has 0 aromatic heterocycles. The zero-order chi connectivity index (χ0) is 29.9. The van der Waals surface area contributed by atoms with Crippen molar-refractivity contribution in [3.8, 4) is 0 Å². The Hall–Kier alpha value is -2.10. The topological polar surface area (TPSA) is 35.5 Å². The van der Waals surface area contributed by atoms with E-state index in [2.05, 4.69) is 40.7 Å². The maximum Gasteiger partial charge on any atom is 0.516 e. The molecule has 4 aliphatic carbocycles. The molecule has 232 valence electrons. The van der Waals surface area contributed by atoms with Gasteiger partial charge in [-0.1, -0.05) is 95.9 Å². The van der Waals surface area contributed by atoms with Gasteiger partial charge in [0, 0.05) is 6.42 Å². The van der Waals surface area contributed by atoms with E-state index < -0.39 is 12.2 Å². The summed E-state index contributed by atoms with van der Waals surface area (Å²) in [5, 5.41) is 0. The van der Waals surface area contributed by atoms with Crippen LogP contribution < -0.4 is 0 Å². The monoisotopic (exact) mass is 578 g/mol. The molecule has 0 radical (unpaired) electrons. The lowest BCUT2D eigenvalue weighted by Crippen LogP contribution is -2.51. The van der Waals surface area contributed by atoms with E-state index in [1.807, 2.05) is 30.3 Å². The molecule has 0 spiro atoms. The Kier molecular flexibility index (Phi) is 9.90. The van der Waals surface area contributed by atoms with E-state index in [9.17, 15) is 9.18 Å². The molecule has 5 rings (SSSR count). The molecule has 4 aliphatic rings. The second-order valence-corrected chi connectivity index (χ2v) is 15.2. The van der Waals surface area contributed by atoms with Crippen LogP contribution in [0, 0.1) is 46.3 Å². The Balaban J connectivity index is 1.15. The molecule has 0 amide bonds. The number of carbonyl (C=O) groups excluding carboxylic acids is 1. The van der Waals surface area contributed by atoms with Crippen molar-refractivity contribution in [2.75, 3.05) is 0 Å². The van der Waals surface area contributed by atoms with E-state index >= 15 is 0 Å². The highest BCUT2D eigenvalue weighted by atomic mass is 19.1. The Morgan fingerprint density at radius 1 is 1.02 bits per heavy atom. The summed E-state index contributed by atoms with van der Waals surface area (Å²) in [6, 6.07) is 9.03. The molecular weight excluding hydrogens is 523 g/mol. The van der Waals surface area contributed by atoms with E-state index in [1.54, 1.807) is 0 Å². The zero-order valence-electron chi connectivity index (χ0n) is 26.9. The van der Waals surface area contributed by atoms with Crippen molar-refractivity contribution in [2.45, 2.75) is 124 Å². The van der Waals surface area contributed by atoms with Gasteiger partial charge in [-0.15, -0.1) is 0 Å². The summed E-state index contributed by atoms with van der Waals surface area (Å²) in [5.74, 6) is 4.85. The zero-order valence-corrected chi connectivity index (χ0v) is 26.9. The number of benzene rings is 1. The second kappa shape index (κ2) is 13.3. The van der Waals surface area contributed by atoms with Crippen LogP contribution in [0.4, 0.5) is 9.18 Å². The van der Waals surface area contributed by atoms with Crippen molar-refractivity contribution in [3.05, 3.63) is 59.6 Å². The number of fused-ring (bicyclic) bond motifs is 5. The minimum absolute atomic E-state index is 0.192. The average Bonchev–Trinajstić information content (AvgIpc) is 3.31. The predicted molar refractivity (Wildman–Crippen MR) is 168 cm³/mol. The summed E-state index contributed by atoms with van der Waals surface area (Å²) in [7, 11) is 0. The van der Waals surface area contributed by atoms with Gasteiger partial charge in [-0.3, -0.25) is 0 Å². The highest BCUT2D eigenvalue weighted by Crippen LogP contribution is 2.67. The summed E-state index contributed by atoms with van der Waals surface area (Å²) in [5.41, 5.74) is 3.27. The molecule has 0 saturated heterocycles. The van der Waals surface area contributed by atoms with Crippen LogP contribution >= 0.6 is 0 Å². The third-order valence-electron chi connectivity index (χ3n) is 12.3. The van der Waals surface area contributed by atoms with Gasteiger partial charge in [0.05, 0.1) is 0 Å². The third kappa shape index (κ3) is 6.68. The quantitative estimate of drug-likeness (QED) is 0.157. The molecule has 3 nitrogen and oxygen atoms in total. The molecule has 3 saturated carbocycles. The van der Waals surface area contributed by atoms with Crippen molar-refractivity contribution < 1.29 is 18.7 Å². The highest BCUT2D eigenvalue weighted by Gasteiger charge is 2.59. The van der Waals surface area contributed by atoms with Crippen molar-refractivity contribution in [2.24, 2.45) is 46.3 Å². The van der Waals surface area contributed by atoms with E-state index in [4.69, 9.17) is 9.47 Å². The Morgan fingerprint density at radius 2 is 1.81 bits per heavy atom. The van der Waals surface area contributed by atoms with Crippen molar-refractivity contribution in [1.29, 1.82) is 0 Å². The first-order chi connectivity index (χ1) is 20.1. The van der Waals surface area contributed by atoms with Crippen LogP contribution in [-0.4, -0.2) is 12.3 Å². The summed E-state index contributed by atoms with van der Waals surface area (Å²) in [6.45, 7) is 12.4. The largest absolute Gasteiger partial charge is 0.516 e. The van der Waals surface area contributed by atoms with E-state index in [0.717, 1.165) is 60.3 Å². The van der Waals surface area contributed by atoms with Gasteiger partial charge in [0.2, 0.25) is 0 Å². The van der Waals surface area contributed by atoms with Gasteiger partial charge in [0.1, 0.15) is 6.10 Å². The Labute approximate surface area is 254 Å². The van der Waals surface area contributed by atoms with Gasteiger partial charge < -0.3 is 9.47 Å². The molecule has 3 fully saturated rings. The first-order valence-corrected chi connectivity index (χ1v) is 17.1. The summed E-state index contributed by atoms with van der Waals surface area (Å²) < 4.78 is 24.8. The third-order valence-corrected chi connectivity index (χ3v) is 12.3. The average molecular weight is 579 g/mol. The fourth-order valence-electron chi connectivity index (χ4n) is 10.0. The molecule has 0 aliphatic heterocycles. The van der Waals surface area contributed by atoms with Crippen LogP contribution in [0.15, 0.2) is 54.1 Å². The first-order valence-electron chi connectivity index (χ1n) is 17.1. The van der Waals surface area contributed by atoms with Gasteiger partial charge in [-0.2, -0.15) is 4.39 Å². The molecular formula is C38H55FO3. The van der Waals surface area contributed by atoms with Crippen LogP contribution in [0.25, 0.3) is 0 Å². The minimum atomic E-state index is -0.917. The first kappa shape index (κ1) is 31.3. The van der Waals surface area contributed by atoms with Gasteiger partial charge in [0.15, 0.2) is 0 Å². The molecule has 8 atom stereocenters. The molecule has 1 aromatic carbocycles. The maximum absolute atomic E-state index is 14.3. The second-order valence-electron chi connectivity index (χ2n) is 15.2. The summed E-state index contributed by atoms with van der Waals surface area (Å²) >= 11 is 0. The van der Waals surface area contributed by atoms with E-state index in [-0.39, 0.29) is 11.5 Å². The van der Waals surface area contributed by atoms with Crippen LogP contribution in [0.2, 0.25) is 0 Å². The van der Waals surface area contributed by atoms with Crippen molar-refractivity contribution >= 4 is 6.16 Å². The number of hydrogen-bond acceptors (Lipinski definition) is 3. The number of aryl methyl sites for hydroxylation is 1. The lowest BCUT2D eigenvalue weighted by atomic mass is 9.47. The standard InChI is InChI=1S/C38H55FO3/c1-26(2)11-9-12-27(3)32-19-20-33-31-18-17-29-25-30(21-23-37(29,4)34(31)22-24-38(32,33)5)41-36(40)42-35(39)16-10-15-28-13-7-6-8-14-28/h6-8,13-14,16-17,26-27,30-34H,9-12,15,18-25H2,1-5H3/b35-16+/t27-,30?,31+,32-,33+,34+,37+,38-/m1/s1. The smallest absolute Gasteiger partial charge is 0.430 e. The molecule has 0 heterocycles. The number of allylic oxidation sites excluding steroid dienone is 2. The van der Waals surface area contributed by atoms with Crippen LogP contribution in [0.3, 0.4) is 0 Å². The molecule has 4 heteroatoms. The molecule has 1 unspecified atom stereocenters. The summed E-state index contributed by atoms with van der Waals surface area (Å²) in [6.07, 6.45) is 17.3. The molecule has 42 heavy (non-hydrogen) atoms. The Bertz CT molecular complexity index is 1120. The SMILES string of the molecule is CC(C)CCC[C@@H](C)[C@H]1CC[C@H]2[C@@H]3CC=C4CC(OC(=O)O/C(F)=C/CCc5ccccc5)CC[C@]4(C)[C@H]3CC[C@]12C. The fraction of sp³-hybridized carbons (Fsp3) is 0.711. The number of rotatable bonds is 10. The van der Waals surface area contributed by atoms with Crippen molar-refractivity contribution in [3.63, 3.8) is 0 Å². The van der Waals surface area contributed by atoms with E-state index in [0.29, 0.717) is 18.3 Å². The molecule has 1 aromatic rings. The Morgan fingerprint density at radius 3 is 2.57 bits per heavy atom. The number of halogens is 1. The highest BCUT2D eigenvalue weighted by molar-refractivity contribution is 5.61. The van der Waals surface area contributed by atoms with Crippen LogP contribution in [-0.2, 0) is 15.9 Å². The molecule has 0 bridgehead atoms. The fourth-order valence-corrected chi connectivity index (χ4v) is 10.0. The predicted octanol–water partition coefficient (Wildman–Crippen LogP) is 11.0. The van der Waals surface area contributed by atoms with Crippen molar-refractivity contribution in [1.82, 2.24) is 0 Å². The lowest BCUT2D eigenvalue weighted by Gasteiger charge is -2.58. The lowest BCUT2D eigenvalue weighted by molar-refractivity contribution is -0.0612. The van der Waals surface area contributed by atoms with Gasteiger partial charge >= 0.3 is 6.16 Å². The van der Waals surface area contributed by atoms with Crippen LogP contribution in [0.1, 0.15) is 117 Å². The van der Waals surface area contributed by atoms with Gasteiger partial charge in [0.25, 0.3) is 6.01 Å². The minimum Gasteiger partial charge on any atom is -0.430 e.